The Morgan fingerprint density at radius 3 is 2.23 bits per heavy atom. The van der Waals surface area contributed by atoms with Gasteiger partial charge in [-0.05, 0) is 43.9 Å². The van der Waals surface area contributed by atoms with E-state index in [9.17, 15) is 5.11 Å². The van der Waals surface area contributed by atoms with Crippen molar-refractivity contribution in [2.75, 3.05) is 0 Å². The molecule has 4 aliphatic carbocycles. The third-order valence-corrected chi connectivity index (χ3v) is 4.23. The third-order valence-electron chi connectivity index (χ3n) is 4.23. The summed E-state index contributed by atoms with van der Waals surface area (Å²) in [6.45, 7) is 0. The molecule has 0 radical (unpaired) electrons. The van der Waals surface area contributed by atoms with E-state index in [-0.39, 0.29) is 5.60 Å². The quantitative estimate of drug-likeness (QED) is 0.595. The molecule has 4 rings (SSSR count). The minimum atomic E-state index is -0.441. The summed E-state index contributed by atoms with van der Waals surface area (Å²) in [6.07, 6.45) is 6.16. The summed E-state index contributed by atoms with van der Waals surface area (Å²) >= 11 is 0. The van der Waals surface area contributed by atoms with Crippen LogP contribution >= 0.6 is 0 Å². The second kappa shape index (κ2) is 2.27. The maximum atomic E-state index is 10.3. The Bertz CT molecular complexity index is 227. The van der Waals surface area contributed by atoms with Gasteiger partial charge < -0.3 is 5.11 Å². The van der Waals surface area contributed by atoms with Gasteiger partial charge in [0.25, 0.3) is 0 Å². The van der Waals surface area contributed by atoms with Crippen molar-refractivity contribution in [1.82, 2.24) is 0 Å². The summed E-state index contributed by atoms with van der Waals surface area (Å²) in [7, 11) is 0. The first-order valence-electron chi connectivity index (χ1n) is 5.23. The van der Waals surface area contributed by atoms with E-state index < -0.39 is 5.60 Å². The fourth-order valence-electron chi connectivity index (χ4n) is 4.27. The average Bonchev–Trinajstić information content (AvgIpc) is 1.99. The van der Waals surface area contributed by atoms with Gasteiger partial charge in [-0.3, -0.25) is 4.84 Å². The van der Waals surface area contributed by atoms with Crippen molar-refractivity contribution < 1.29 is 9.94 Å². The lowest BCUT2D eigenvalue weighted by Crippen LogP contribution is -2.60. The minimum absolute atomic E-state index is 0.168. The van der Waals surface area contributed by atoms with E-state index in [0.717, 1.165) is 32.1 Å². The van der Waals surface area contributed by atoms with Gasteiger partial charge in [0.15, 0.2) is 0 Å². The van der Waals surface area contributed by atoms with Gasteiger partial charge in [-0.1, -0.05) is 0 Å². The zero-order valence-electron chi connectivity index (χ0n) is 7.83. The van der Waals surface area contributed by atoms with Crippen LogP contribution in [0.4, 0.5) is 0 Å². The average molecular weight is 183 g/mol. The van der Waals surface area contributed by atoms with Gasteiger partial charge in [0.1, 0.15) is 0 Å². The minimum Gasteiger partial charge on any atom is -0.390 e. The highest BCUT2D eigenvalue weighted by Crippen LogP contribution is 2.58. The van der Waals surface area contributed by atoms with Crippen LogP contribution < -0.4 is 5.90 Å². The molecule has 0 aliphatic heterocycles. The highest BCUT2D eigenvalue weighted by Gasteiger charge is 2.57. The lowest BCUT2D eigenvalue weighted by molar-refractivity contribution is -0.221. The van der Waals surface area contributed by atoms with Crippen molar-refractivity contribution >= 4 is 0 Å². The third kappa shape index (κ3) is 1.07. The molecule has 0 aromatic carbocycles. The standard InChI is InChI=1S/C10H17NO2/c11-13-10-4-7-1-8(5-10)3-9(12,2-7)6-10/h7-8,12H,1-6,11H2. The van der Waals surface area contributed by atoms with Gasteiger partial charge in [-0.15, -0.1) is 0 Å². The molecular weight excluding hydrogens is 166 g/mol. The topological polar surface area (TPSA) is 55.5 Å². The Balaban J connectivity index is 1.95. The molecule has 3 heteroatoms. The van der Waals surface area contributed by atoms with E-state index in [4.69, 9.17) is 10.7 Å². The summed E-state index contributed by atoms with van der Waals surface area (Å²) in [5.74, 6) is 6.70. The van der Waals surface area contributed by atoms with Crippen LogP contribution in [0.1, 0.15) is 38.5 Å². The molecule has 0 saturated heterocycles. The molecule has 4 saturated carbocycles. The van der Waals surface area contributed by atoms with Crippen molar-refractivity contribution in [2.24, 2.45) is 17.7 Å². The SMILES string of the molecule is NOC12CC3CC(CC(O)(C3)C1)C2. The molecule has 2 atom stereocenters. The fraction of sp³-hybridized carbons (Fsp3) is 1.00. The van der Waals surface area contributed by atoms with Gasteiger partial charge in [-0.2, -0.15) is 0 Å². The number of hydrogen-bond donors (Lipinski definition) is 2. The molecule has 74 valence electrons. The van der Waals surface area contributed by atoms with Crippen molar-refractivity contribution in [2.45, 2.75) is 49.7 Å². The fourth-order valence-corrected chi connectivity index (χ4v) is 4.27. The Hall–Kier alpha value is -0.120. The molecule has 4 fully saturated rings. The normalized spacial score (nSPS) is 58.6. The predicted octanol–water partition coefficient (Wildman–Crippen LogP) is 0.960. The smallest absolute Gasteiger partial charge is 0.0926 e. The number of aliphatic hydroxyl groups is 1. The van der Waals surface area contributed by atoms with Crippen LogP contribution in [0.5, 0.6) is 0 Å². The van der Waals surface area contributed by atoms with Crippen LogP contribution in [0.25, 0.3) is 0 Å². The van der Waals surface area contributed by atoms with Crippen molar-refractivity contribution in [3.05, 3.63) is 0 Å². The molecule has 4 bridgehead atoms. The van der Waals surface area contributed by atoms with Gasteiger partial charge in [0, 0.05) is 6.42 Å². The van der Waals surface area contributed by atoms with Crippen LogP contribution in [-0.2, 0) is 4.84 Å². The van der Waals surface area contributed by atoms with Crippen LogP contribution in [0.3, 0.4) is 0 Å². The van der Waals surface area contributed by atoms with Crippen LogP contribution in [0.2, 0.25) is 0 Å². The zero-order valence-corrected chi connectivity index (χ0v) is 7.83. The predicted molar refractivity (Wildman–Crippen MR) is 47.6 cm³/mol. The lowest BCUT2D eigenvalue weighted by Gasteiger charge is -2.58. The highest BCUT2D eigenvalue weighted by molar-refractivity contribution is 5.09. The number of hydrogen-bond acceptors (Lipinski definition) is 3. The molecule has 0 heterocycles. The molecule has 0 aromatic rings. The van der Waals surface area contributed by atoms with E-state index in [1.165, 1.54) is 6.42 Å². The van der Waals surface area contributed by atoms with Gasteiger partial charge in [0.2, 0.25) is 0 Å². The Labute approximate surface area is 78.2 Å². The van der Waals surface area contributed by atoms with Crippen LogP contribution in [0.15, 0.2) is 0 Å². The molecule has 0 amide bonds. The summed E-state index contributed by atoms with van der Waals surface area (Å²) in [4.78, 5) is 5.16. The summed E-state index contributed by atoms with van der Waals surface area (Å²) in [5.41, 5.74) is -0.609. The Kier molecular flexibility index (Phi) is 1.43. The molecular formula is C10H17NO2. The second-order valence-electron chi connectivity index (χ2n) is 5.49. The van der Waals surface area contributed by atoms with Crippen LogP contribution in [0, 0.1) is 11.8 Å². The summed E-state index contributed by atoms with van der Waals surface area (Å²) in [6, 6.07) is 0. The summed E-state index contributed by atoms with van der Waals surface area (Å²) in [5, 5.41) is 10.3. The van der Waals surface area contributed by atoms with Gasteiger partial charge in [0.05, 0.1) is 11.2 Å². The Morgan fingerprint density at radius 2 is 1.77 bits per heavy atom. The first-order valence-corrected chi connectivity index (χ1v) is 5.23. The zero-order chi connectivity index (χ0) is 9.10. The molecule has 2 unspecified atom stereocenters. The van der Waals surface area contributed by atoms with E-state index in [1.54, 1.807) is 0 Å². The van der Waals surface area contributed by atoms with E-state index in [1.807, 2.05) is 0 Å². The van der Waals surface area contributed by atoms with E-state index in [0.29, 0.717) is 11.8 Å². The van der Waals surface area contributed by atoms with Crippen molar-refractivity contribution in [3.63, 3.8) is 0 Å². The Morgan fingerprint density at radius 1 is 1.15 bits per heavy atom. The first-order chi connectivity index (χ1) is 6.13. The molecule has 4 aliphatic rings. The second-order valence-corrected chi connectivity index (χ2v) is 5.49. The first kappa shape index (κ1) is 8.21. The monoisotopic (exact) mass is 183 g/mol. The highest BCUT2D eigenvalue weighted by atomic mass is 16.6. The molecule has 3 N–H and O–H groups in total. The molecule has 0 spiro atoms. The molecule has 3 nitrogen and oxygen atoms in total. The van der Waals surface area contributed by atoms with Gasteiger partial charge >= 0.3 is 0 Å². The van der Waals surface area contributed by atoms with Gasteiger partial charge in [-0.25, -0.2) is 5.90 Å². The maximum absolute atomic E-state index is 10.3. The molecule has 13 heavy (non-hydrogen) atoms. The lowest BCUT2D eigenvalue weighted by atomic mass is 9.52. The largest absolute Gasteiger partial charge is 0.390 e. The van der Waals surface area contributed by atoms with E-state index in [2.05, 4.69) is 0 Å². The molecule has 0 aromatic heterocycles. The van der Waals surface area contributed by atoms with E-state index >= 15 is 0 Å². The van der Waals surface area contributed by atoms with Crippen molar-refractivity contribution in [3.8, 4) is 0 Å². The van der Waals surface area contributed by atoms with Crippen LogP contribution in [-0.4, -0.2) is 16.3 Å². The van der Waals surface area contributed by atoms with Crippen molar-refractivity contribution in [1.29, 1.82) is 0 Å². The summed E-state index contributed by atoms with van der Waals surface area (Å²) < 4.78 is 0. The number of nitrogens with two attached hydrogens (primary N) is 1. The maximum Gasteiger partial charge on any atom is 0.0926 e. The number of rotatable bonds is 1.